The van der Waals surface area contributed by atoms with Crippen LogP contribution < -0.4 is 0 Å². The van der Waals surface area contributed by atoms with Crippen molar-refractivity contribution in [3.8, 4) is 0 Å². The molecule has 1 aliphatic heterocycles. The summed E-state index contributed by atoms with van der Waals surface area (Å²) in [6.45, 7) is 13.2. The second kappa shape index (κ2) is 8.42. The van der Waals surface area contributed by atoms with E-state index in [9.17, 15) is 8.42 Å². The lowest BCUT2D eigenvalue weighted by molar-refractivity contribution is 0.0269. The van der Waals surface area contributed by atoms with E-state index >= 15 is 0 Å². The van der Waals surface area contributed by atoms with Crippen LogP contribution in [-0.4, -0.2) is 29.4 Å². The molecule has 0 unspecified atom stereocenters. The summed E-state index contributed by atoms with van der Waals surface area (Å²) in [5.74, 6) is 0. The van der Waals surface area contributed by atoms with E-state index in [1.54, 1.807) is 18.2 Å². The maximum absolute atomic E-state index is 13.5. The van der Waals surface area contributed by atoms with Crippen LogP contribution in [0.4, 0.5) is 0 Å². The Kier molecular flexibility index (Phi) is 6.44. The first-order valence-electron chi connectivity index (χ1n) is 10.3. The van der Waals surface area contributed by atoms with Gasteiger partial charge < -0.3 is 9.16 Å². The summed E-state index contributed by atoms with van der Waals surface area (Å²) in [5, 5.41) is 0.0744. The van der Waals surface area contributed by atoms with Crippen LogP contribution in [0.1, 0.15) is 38.0 Å². The van der Waals surface area contributed by atoms with E-state index < -0.39 is 30.4 Å². The lowest BCUT2D eigenvalue weighted by Crippen LogP contribution is -2.42. The first kappa shape index (κ1) is 22.9. The Bertz CT molecular complexity index is 1000. The van der Waals surface area contributed by atoms with Crippen molar-refractivity contribution < 1.29 is 17.6 Å². The zero-order valence-electron chi connectivity index (χ0n) is 18.7. The van der Waals surface area contributed by atoms with Gasteiger partial charge in [0.25, 0.3) is 0 Å². The van der Waals surface area contributed by atoms with Crippen molar-refractivity contribution in [2.75, 3.05) is 6.61 Å². The van der Waals surface area contributed by atoms with Crippen LogP contribution in [0, 0.1) is 6.92 Å². The third kappa shape index (κ3) is 4.77. The Balaban J connectivity index is 1.93. The fourth-order valence-electron chi connectivity index (χ4n) is 3.10. The predicted molar refractivity (Wildman–Crippen MR) is 124 cm³/mol. The molecule has 0 amide bonds. The minimum absolute atomic E-state index is 0.0744. The third-order valence-corrected chi connectivity index (χ3v) is 12.4. The fourth-order valence-corrected chi connectivity index (χ4v) is 5.69. The summed E-state index contributed by atoms with van der Waals surface area (Å²) >= 11 is 0. The molecule has 0 aliphatic carbocycles. The zero-order valence-corrected chi connectivity index (χ0v) is 20.5. The van der Waals surface area contributed by atoms with E-state index in [1.807, 2.05) is 49.4 Å². The Hall–Kier alpha value is -1.73. The summed E-state index contributed by atoms with van der Waals surface area (Å²) < 4.78 is 39.5. The molecule has 3 rings (SSSR count). The van der Waals surface area contributed by atoms with Crippen LogP contribution in [-0.2, 0) is 19.0 Å². The van der Waals surface area contributed by atoms with Crippen molar-refractivity contribution >= 4 is 18.2 Å². The smallest absolute Gasteiger partial charge is 0.205 e. The molecule has 0 bridgehead atoms. The maximum Gasteiger partial charge on any atom is 0.205 e. The van der Waals surface area contributed by atoms with Gasteiger partial charge in [-0.25, -0.2) is 8.42 Å². The minimum atomic E-state index is -3.68. The standard InChI is InChI=1S/C24H32O4SSi/c1-18-12-14-21(15-13-18)29(25,26)22-16-20(17-27-30(5,6)24(2,3)4)28-23(22)19-10-8-7-9-11-19/h7-16,20,23H,17H2,1-6H3/t20-,23-/m1/s1. The second-order valence-corrected chi connectivity index (χ2v) is 16.2. The molecule has 2 atom stereocenters. The van der Waals surface area contributed by atoms with Crippen LogP contribution in [0.15, 0.2) is 70.5 Å². The highest BCUT2D eigenvalue weighted by molar-refractivity contribution is 7.95. The molecular weight excluding hydrogens is 412 g/mol. The van der Waals surface area contributed by atoms with Gasteiger partial charge in [-0.05, 0) is 48.8 Å². The molecule has 0 spiro atoms. The molecule has 6 heteroatoms. The number of sulfone groups is 1. The van der Waals surface area contributed by atoms with Crippen molar-refractivity contribution in [2.24, 2.45) is 0 Å². The lowest BCUT2D eigenvalue weighted by Gasteiger charge is -2.36. The van der Waals surface area contributed by atoms with Crippen molar-refractivity contribution in [2.45, 2.75) is 62.9 Å². The molecule has 0 N–H and O–H groups in total. The zero-order chi connectivity index (χ0) is 22.2. The van der Waals surface area contributed by atoms with Gasteiger partial charge in [-0.15, -0.1) is 0 Å². The normalized spacial score (nSPS) is 20.3. The average molecular weight is 445 g/mol. The van der Waals surface area contributed by atoms with Crippen molar-refractivity contribution in [1.82, 2.24) is 0 Å². The molecule has 30 heavy (non-hydrogen) atoms. The number of hydrogen-bond acceptors (Lipinski definition) is 4. The fraction of sp³-hybridized carbons (Fsp3) is 0.417. The molecule has 0 saturated carbocycles. The molecule has 2 aromatic carbocycles. The summed E-state index contributed by atoms with van der Waals surface area (Å²) in [7, 11) is -5.65. The van der Waals surface area contributed by atoms with E-state index in [0.29, 0.717) is 11.5 Å². The van der Waals surface area contributed by atoms with Gasteiger partial charge in [-0.3, -0.25) is 0 Å². The van der Waals surface area contributed by atoms with E-state index in [4.69, 9.17) is 9.16 Å². The topological polar surface area (TPSA) is 52.6 Å². The SMILES string of the molecule is Cc1ccc(S(=O)(=O)C2=C[C@H](CO[Si](C)(C)C(C)(C)C)O[C@@H]2c2ccccc2)cc1. The molecule has 2 aromatic rings. The van der Waals surface area contributed by atoms with E-state index in [0.717, 1.165) is 11.1 Å². The highest BCUT2D eigenvalue weighted by Crippen LogP contribution is 2.41. The summed E-state index contributed by atoms with van der Waals surface area (Å²) in [6, 6.07) is 16.5. The molecule has 0 fully saturated rings. The molecule has 4 nitrogen and oxygen atoms in total. The van der Waals surface area contributed by atoms with Gasteiger partial charge in [-0.2, -0.15) is 0 Å². The molecule has 0 aromatic heterocycles. The van der Waals surface area contributed by atoms with E-state index in [1.165, 1.54) is 0 Å². The third-order valence-electron chi connectivity index (χ3n) is 6.08. The highest BCUT2D eigenvalue weighted by Gasteiger charge is 2.41. The van der Waals surface area contributed by atoms with E-state index in [-0.39, 0.29) is 9.93 Å². The van der Waals surface area contributed by atoms with Crippen LogP contribution in [0.3, 0.4) is 0 Å². The Morgan fingerprint density at radius 2 is 1.60 bits per heavy atom. The highest BCUT2D eigenvalue weighted by atomic mass is 32.2. The number of benzene rings is 2. The second-order valence-electron chi connectivity index (χ2n) is 9.42. The quantitative estimate of drug-likeness (QED) is 0.527. The molecule has 0 radical (unpaired) electrons. The van der Waals surface area contributed by atoms with Crippen LogP contribution in [0.5, 0.6) is 0 Å². The first-order chi connectivity index (χ1) is 13.9. The molecule has 1 heterocycles. The monoisotopic (exact) mass is 444 g/mol. The van der Waals surface area contributed by atoms with Gasteiger partial charge in [0.05, 0.1) is 16.4 Å². The largest absolute Gasteiger partial charge is 0.414 e. The molecule has 162 valence electrons. The minimum Gasteiger partial charge on any atom is -0.414 e. The van der Waals surface area contributed by atoms with Gasteiger partial charge in [0.15, 0.2) is 8.32 Å². The maximum atomic E-state index is 13.5. The van der Waals surface area contributed by atoms with Gasteiger partial charge in [-0.1, -0.05) is 68.8 Å². The Morgan fingerprint density at radius 3 is 2.17 bits per heavy atom. The molecule has 0 saturated heterocycles. The van der Waals surface area contributed by atoms with Gasteiger partial charge in [0, 0.05) is 0 Å². The van der Waals surface area contributed by atoms with Gasteiger partial charge >= 0.3 is 0 Å². The Labute approximate surface area is 182 Å². The lowest BCUT2D eigenvalue weighted by atomic mass is 10.1. The number of rotatable bonds is 6. The van der Waals surface area contributed by atoms with E-state index in [2.05, 4.69) is 33.9 Å². The van der Waals surface area contributed by atoms with Crippen molar-refractivity contribution in [1.29, 1.82) is 0 Å². The van der Waals surface area contributed by atoms with Gasteiger partial charge in [0.2, 0.25) is 9.84 Å². The van der Waals surface area contributed by atoms with Crippen molar-refractivity contribution in [3.05, 3.63) is 76.7 Å². The summed E-state index contributed by atoms with van der Waals surface area (Å²) in [4.78, 5) is 0.580. The average Bonchev–Trinajstić information content (AvgIpc) is 3.12. The summed E-state index contributed by atoms with van der Waals surface area (Å²) in [5.41, 5.74) is 1.85. The molecule has 1 aliphatic rings. The molecular formula is C24H32O4SSi. The van der Waals surface area contributed by atoms with Crippen LogP contribution in [0.25, 0.3) is 0 Å². The first-order valence-corrected chi connectivity index (χ1v) is 14.7. The Morgan fingerprint density at radius 1 is 1.00 bits per heavy atom. The van der Waals surface area contributed by atoms with Crippen LogP contribution in [0.2, 0.25) is 18.1 Å². The number of aryl methyl sites for hydroxylation is 1. The predicted octanol–water partition coefficient (Wildman–Crippen LogP) is 5.81. The van der Waals surface area contributed by atoms with Gasteiger partial charge in [0.1, 0.15) is 12.2 Å². The summed E-state index contributed by atoms with van der Waals surface area (Å²) in [6.07, 6.45) is 0.699. The van der Waals surface area contributed by atoms with Crippen molar-refractivity contribution in [3.63, 3.8) is 0 Å². The number of ether oxygens (including phenoxy) is 1. The van der Waals surface area contributed by atoms with Crippen LogP contribution >= 0.6 is 0 Å². The number of hydrogen-bond donors (Lipinski definition) is 0.